The minimum atomic E-state index is -1.45. The molecule has 1 heterocycles. The fraction of sp³-hybridized carbons (Fsp3) is 0.763. The van der Waals surface area contributed by atoms with Crippen molar-refractivity contribution in [3.05, 3.63) is 33.8 Å². The van der Waals surface area contributed by atoms with E-state index in [1.54, 1.807) is 6.92 Å². The summed E-state index contributed by atoms with van der Waals surface area (Å²) in [5.41, 5.74) is -2.72. The zero-order valence-electron chi connectivity index (χ0n) is 30.6. The number of ether oxygens (including phenoxy) is 2. The van der Waals surface area contributed by atoms with E-state index in [-0.39, 0.29) is 46.4 Å². The maximum atomic E-state index is 14.8. The van der Waals surface area contributed by atoms with Crippen LogP contribution in [0.25, 0.3) is 0 Å². The molecular formula is C38H52O11S. The molecule has 1 N–H and O–H groups in total. The Kier molecular flexibility index (Phi) is 8.84. The minimum absolute atomic E-state index is 0.0161. The van der Waals surface area contributed by atoms with Gasteiger partial charge in [0.05, 0.1) is 5.41 Å². The number of hydrogen-bond acceptors (Lipinski definition) is 10. The van der Waals surface area contributed by atoms with Crippen molar-refractivity contribution in [3.8, 4) is 0 Å². The van der Waals surface area contributed by atoms with Crippen molar-refractivity contribution < 1.29 is 46.8 Å². The van der Waals surface area contributed by atoms with Crippen molar-refractivity contribution in [3.63, 3.8) is 0 Å². The standard InChI is InChI=1S/C38H52O11S/c1-21-25(48-32(44)47-21)19-46-31(43)38(7)26-9-12-37(6)29(35(26,4)11-10-27(38)49-28(40)20-50(8)45)24(39)17-22-23-18-34(3,30(41)42)14-13-33(23,2)15-16-36(22,37)5/h17,23,26-27,29H,9-16,18-20H2,1-8H3,(H,41,42)/t23-,26?,27-,29+,33+,34-,35-,36+,37+,38-,50?/m0/s1. The van der Waals surface area contributed by atoms with Gasteiger partial charge in [-0.1, -0.05) is 33.3 Å². The molecule has 0 saturated heterocycles. The summed E-state index contributed by atoms with van der Waals surface area (Å²) in [6.45, 7) is 13.6. The van der Waals surface area contributed by atoms with E-state index in [1.165, 1.54) is 13.2 Å². The Balaban J connectivity index is 1.39. The molecule has 4 saturated carbocycles. The van der Waals surface area contributed by atoms with Crippen molar-refractivity contribution in [2.75, 3.05) is 12.0 Å². The molecular weight excluding hydrogens is 664 g/mol. The fourth-order valence-corrected chi connectivity index (χ4v) is 12.0. The summed E-state index contributed by atoms with van der Waals surface area (Å²) >= 11 is 0. The Bertz CT molecular complexity index is 1740. The zero-order valence-corrected chi connectivity index (χ0v) is 31.4. The molecule has 0 radical (unpaired) electrons. The first kappa shape index (κ1) is 36.8. The molecule has 0 aromatic carbocycles. The van der Waals surface area contributed by atoms with Crippen molar-refractivity contribution in [1.29, 1.82) is 0 Å². The summed E-state index contributed by atoms with van der Waals surface area (Å²) < 4.78 is 33.7. The second-order valence-electron chi connectivity index (χ2n) is 17.6. The predicted octanol–water partition coefficient (Wildman–Crippen LogP) is 5.92. The molecule has 12 heteroatoms. The molecule has 11 atom stereocenters. The fourth-order valence-electron chi connectivity index (χ4n) is 11.6. The van der Waals surface area contributed by atoms with Crippen molar-refractivity contribution in [1.82, 2.24) is 0 Å². The van der Waals surface area contributed by atoms with Crippen molar-refractivity contribution in [2.24, 2.45) is 50.2 Å². The van der Waals surface area contributed by atoms with Crippen molar-refractivity contribution >= 4 is 34.5 Å². The van der Waals surface area contributed by atoms with Gasteiger partial charge in [0.2, 0.25) is 0 Å². The Hall–Kier alpha value is -3.02. The van der Waals surface area contributed by atoms with E-state index in [2.05, 4.69) is 27.7 Å². The van der Waals surface area contributed by atoms with Gasteiger partial charge < -0.3 is 23.4 Å². The number of carboxylic acids is 1. The second-order valence-corrected chi connectivity index (χ2v) is 19.0. The van der Waals surface area contributed by atoms with E-state index in [0.717, 1.165) is 24.8 Å². The van der Waals surface area contributed by atoms with Crippen LogP contribution in [0.1, 0.15) is 111 Å². The Morgan fingerprint density at radius 2 is 1.64 bits per heavy atom. The molecule has 4 fully saturated rings. The predicted molar refractivity (Wildman–Crippen MR) is 182 cm³/mol. The molecule has 1 aromatic rings. The molecule has 50 heavy (non-hydrogen) atoms. The average molecular weight is 717 g/mol. The van der Waals surface area contributed by atoms with Crippen LogP contribution >= 0.6 is 0 Å². The highest BCUT2D eigenvalue weighted by atomic mass is 32.2. The third kappa shape index (κ3) is 5.31. The van der Waals surface area contributed by atoms with Gasteiger partial charge in [-0.15, -0.1) is 0 Å². The lowest BCUT2D eigenvalue weighted by Crippen LogP contribution is -2.68. The van der Waals surface area contributed by atoms with E-state index < -0.39 is 74.1 Å². The smallest absolute Gasteiger partial charge is 0.481 e. The first-order chi connectivity index (χ1) is 23.1. The molecule has 5 aliphatic rings. The van der Waals surface area contributed by atoms with Crippen molar-refractivity contribution in [2.45, 2.75) is 119 Å². The zero-order chi connectivity index (χ0) is 36.8. The first-order valence-electron chi connectivity index (χ1n) is 17.9. The quantitative estimate of drug-likeness (QED) is 0.333. The third-order valence-corrected chi connectivity index (χ3v) is 15.5. The normalized spacial score (nSPS) is 42.9. The van der Waals surface area contributed by atoms with Gasteiger partial charge in [-0.25, -0.2) is 4.79 Å². The number of esters is 2. The van der Waals surface area contributed by atoms with Crippen LogP contribution in [0.2, 0.25) is 0 Å². The van der Waals surface area contributed by atoms with Crippen LogP contribution in [0.5, 0.6) is 0 Å². The van der Waals surface area contributed by atoms with E-state index in [9.17, 15) is 33.3 Å². The summed E-state index contributed by atoms with van der Waals surface area (Å²) in [5, 5.41) is 10.2. The summed E-state index contributed by atoms with van der Waals surface area (Å²) in [5.74, 6) is -3.90. The van der Waals surface area contributed by atoms with Gasteiger partial charge in [0.25, 0.3) is 0 Å². The van der Waals surface area contributed by atoms with Crippen LogP contribution in [0.3, 0.4) is 0 Å². The second kappa shape index (κ2) is 12.0. The molecule has 2 unspecified atom stereocenters. The minimum Gasteiger partial charge on any atom is -0.481 e. The van der Waals surface area contributed by atoms with Crippen LogP contribution in [0.4, 0.5) is 0 Å². The van der Waals surface area contributed by atoms with Crippen LogP contribution in [-0.4, -0.2) is 51.1 Å². The summed E-state index contributed by atoms with van der Waals surface area (Å²) in [7, 11) is -1.45. The lowest BCUT2D eigenvalue weighted by atomic mass is 9.33. The molecule has 276 valence electrons. The first-order valence-corrected chi connectivity index (χ1v) is 19.6. The Labute approximate surface area is 295 Å². The largest absolute Gasteiger partial charge is 0.519 e. The number of carbonyl (C=O) groups excluding carboxylic acids is 3. The molecule has 0 amide bonds. The maximum Gasteiger partial charge on any atom is 0.519 e. The maximum absolute atomic E-state index is 14.8. The molecule has 5 aliphatic carbocycles. The molecule has 0 bridgehead atoms. The molecule has 1 aromatic heterocycles. The number of fused-ring (bicyclic) bond motifs is 7. The Morgan fingerprint density at radius 3 is 2.26 bits per heavy atom. The highest BCUT2D eigenvalue weighted by Crippen LogP contribution is 2.75. The summed E-state index contributed by atoms with van der Waals surface area (Å²) in [6.07, 6.45) is 8.16. The van der Waals surface area contributed by atoms with Gasteiger partial charge in [0.15, 0.2) is 23.9 Å². The highest BCUT2D eigenvalue weighted by Gasteiger charge is 2.72. The molecule has 11 nitrogen and oxygen atoms in total. The number of hydrogen-bond donors (Lipinski definition) is 1. The number of aryl methyl sites for hydroxylation is 1. The number of rotatable bonds is 7. The number of aliphatic carboxylic acids is 1. The van der Waals surface area contributed by atoms with E-state index >= 15 is 0 Å². The number of carbonyl (C=O) groups is 4. The summed E-state index contributed by atoms with van der Waals surface area (Å²) in [6, 6.07) is 0. The van der Waals surface area contributed by atoms with Gasteiger partial charge >= 0.3 is 23.7 Å². The molecule has 6 rings (SSSR count). The van der Waals surface area contributed by atoms with Gasteiger partial charge in [-0.2, -0.15) is 0 Å². The van der Waals surface area contributed by atoms with E-state index in [0.29, 0.717) is 38.5 Å². The molecule has 0 aliphatic heterocycles. The highest BCUT2D eigenvalue weighted by molar-refractivity contribution is 7.84. The lowest BCUT2D eigenvalue weighted by Gasteiger charge is -2.70. The van der Waals surface area contributed by atoms with Gasteiger partial charge in [-0.3, -0.25) is 23.4 Å². The number of carboxylic acid groups (broad SMARTS) is 1. The van der Waals surface area contributed by atoms with Crippen LogP contribution in [0, 0.1) is 57.2 Å². The third-order valence-electron chi connectivity index (χ3n) is 14.9. The summed E-state index contributed by atoms with van der Waals surface area (Å²) in [4.78, 5) is 66.2. The molecule has 0 spiro atoms. The topological polar surface area (TPSA) is 167 Å². The van der Waals surface area contributed by atoms with E-state index in [1.807, 2.05) is 13.0 Å². The van der Waals surface area contributed by atoms with E-state index in [4.69, 9.17) is 18.3 Å². The lowest BCUT2D eigenvalue weighted by molar-refractivity contribution is -0.224. The SMILES string of the molecule is Cc1oc(=O)oc1COC(=O)[C@@]1(C)C2CC[C@]3(C)[C@H](C(=O)C=C4[C@@H]5C[C@@](C)(C(=O)O)CC[C@]5(C)CC[C@]43C)[C@@]2(C)CC[C@@H]1OC(=O)CS(C)=O. The number of ketones is 1. The van der Waals surface area contributed by atoms with Crippen LogP contribution < -0.4 is 5.82 Å². The van der Waals surface area contributed by atoms with Gasteiger partial charge in [0, 0.05) is 23.0 Å². The van der Waals surface area contributed by atoms with Gasteiger partial charge in [0.1, 0.15) is 17.3 Å². The van der Waals surface area contributed by atoms with Gasteiger partial charge in [-0.05, 0) is 118 Å². The monoisotopic (exact) mass is 716 g/mol. The average Bonchev–Trinajstić information content (AvgIpc) is 3.34. The van der Waals surface area contributed by atoms with Crippen LogP contribution in [0.15, 0.2) is 25.3 Å². The van der Waals surface area contributed by atoms with Crippen LogP contribution in [-0.2, 0) is 46.1 Å². The Morgan fingerprint density at radius 1 is 0.960 bits per heavy atom. The number of allylic oxidation sites excluding steroid dienone is 2.